The number of nitrogens with one attached hydrogen (secondary N) is 15. The van der Waals surface area contributed by atoms with Crippen LogP contribution in [0.4, 0.5) is 0 Å². The summed E-state index contributed by atoms with van der Waals surface area (Å²) in [6.45, 7) is 5.05. The van der Waals surface area contributed by atoms with Gasteiger partial charge in [0.05, 0.1) is 51.5 Å². The largest absolute Gasteiger partial charge is 0.508 e. The Morgan fingerprint density at radius 2 is 0.858 bits per heavy atom. The van der Waals surface area contributed by atoms with E-state index in [2.05, 4.69) is 79.8 Å². The van der Waals surface area contributed by atoms with Crippen LogP contribution >= 0.6 is 0 Å². The first-order valence-corrected chi connectivity index (χ1v) is 39.1. The minimum absolute atomic E-state index is 0.00955. The summed E-state index contributed by atoms with van der Waals surface area (Å²) in [7, 11) is 0. The lowest BCUT2D eigenvalue weighted by molar-refractivity contribution is -0.142. The van der Waals surface area contributed by atoms with Crippen molar-refractivity contribution in [2.75, 3.05) is 59.0 Å². The minimum atomic E-state index is -2.05. The monoisotopic (exact) mass is 1700 g/mol. The molecule has 0 saturated carbocycles. The Morgan fingerprint density at radius 1 is 0.433 bits per heavy atom. The molecule has 668 valence electrons. The number of hydrogen-bond acceptors (Lipinski definition) is 27. The number of phenolic OH excluding ortho intramolecular Hbond substituents is 2. The van der Waals surface area contributed by atoms with Gasteiger partial charge >= 0.3 is 11.9 Å². The predicted octanol–water partition coefficient (Wildman–Crippen LogP) is -9.72. The van der Waals surface area contributed by atoms with Crippen molar-refractivity contribution in [1.29, 1.82) is 0 Å². The molecule has 16 atom stereocenters. The zero-order valence-electron chi connectivity index (χ0n) is 67.9. The Morgan fingerprint density at radius 3 is 1.35 bits per heavy atom. The summed E-state index contributed by atoms with van der Waals surface area (Å²) in [5.74, 6) is -21.0. The van der Waals surface area contributed by atoms with Crippen molar-refractivity contribution in [3.63, 3.8) is 0 Å². The van der Waals surface area contributed by atoms with Gasteiger partial charge in [0.25, 0.3) is 0 Å². The molecule has 29 N–H and O–H groups in total. The normalized spacial score (nSPS) is 16.1. The number of aliphatic hydroxyl groups is 4. The molecule has 120 heavy (non-hydrogen) atoms. The molecule has 0 spiro atoms. The highest BCUT2D eigenvalue weighted by Gasteiger charge is 2.41. The summed E-state index contributed by atoms with van der Waals surface area (Å²) in [6, 6.07) is -10.3. The Labute approximate surface area is 691 Å². The van der Waals surface area contributed by atoms with E-state index in [9.17, 15) is 122 Å². The number of aromatic hydroxyl groups is 2. The molecule has 2 aromatic rings. The van der Waals surface area contributed by atoms with Gasteiger partial charge in [-0.25, -0.2) is 0 Å². The van der Waals surface area contributed by atoms with Gasteiger partial charge < -0.3 is 143 Å². The van der Waals surface area contributed by atoms with Gasteiger partial charge in [0.15, 0.2) is 0 Å². The summed E-state index contributed by atoms with van der Waals surface area (Å²) in [6.07, 6.45) is -2.41. The number of phenols is 2. The highest BCUT2D eigenvalue weighted by atomic mass is 16.4. The molecule has 0 unspecified atom stereocenters. The Kier molecular flexibility index (Phi) is 44.6. The van der Waals surface area contributed by atoms with E-state index in [1.165, 1.54) is 74.2 Å². The molecular weight excluding hydrogens is 1580 g/mol. The second-order valence-electron chi connectivity index (χ2n) is 29.2. The lowest BCUT2D eigenvalue weighted by Gasteiger charge is -2.31. The van der Waals surface area contributed by atoms with Crippen LogP contribution in [0.1, 0.15) is 124 Å². The Hall–Kier alpha value is -11.8. The molecule has 1 saturated heterocycles. The second kappa shape index (κ2) is 52.2. The molecule has 2 aromatic carbocycles. The molecule has 16 amide bonds. The fourth-order valence-electron chi connectivity index (χ4n) is 11.9. The average Bonchev–Trinajstić information content (AvgIpc) is 1.65. The van der Waals surface area contributed by atoms with Gasteiger partial charge in [-0.1, -0.05) is 58.4 Å². The fraction of sp³-hybridized carbons (Fsp3) is 0.600. The number of carbonyl (C=O) groups excluding carboxylic acids is 16. The minimum Gasteiger partial charge on any atom is -0.508 e. The van der Waals surface area contributed by atoms with Crippen molar-refractivity contribution < 1.29 is 127 Å². The first-order chi connectivity index (χ1) is 56.6. The third kappa shape index (κ3) is 35.4. The summed E-state index contributed by atoms with van der Waals surface area (Å²) >= 11 is 0. The number of carboxylic acid groups (broad SMARTS) is 2. The third-order valence-corrected chi connectivity index (χ3v) is 19.1. The van der Waals surface area contributed by atoms with Gasteiger partial charge in [-0.05, 0) is 132 Å². The van der Waals surface area contributed by atoms with Crippen molar-refractivity contribution in [2.45, 2.75) is 216 Å². The number of hydrogen-bond donors (Lipinski definition) is 26. The smallest absolute Gasteiger partial charge is 0.322 e. The molecule has 45 nitrogen and oxygen atoms in total. The van der Waals surface area contributed by atoms with E-state index in [1.807, 2.05) is 0 Å². The summed E-state index contributed by atoms with van der Waals surface area (Å²) < 4.78 is 0. The molecule has 45 heteroatoms. The highest BCUT2D eigenvalue weighted by Crippen LogP contribution is 2.22. The zero-order valence-corrected chi connectivity index (χ0v) is 67.9. The van der Waals surface area contributed by atoms with E-state index in [-0.39, 0.29) is 61.5 Å². The molecular formula is C75H117N19O26. The number of amides is 16. The molecule has 3 rings (SSSR count). The summed E-state index contributed by atoms with van der Waals surface area (Å²) in [5, 5.41) is 115. The quantitative estimate of drug-likeness (QED) is 0.0274. The zero-order chi connectivity index (χ0) is 90.2. The van der Waals surface area contributed by atoms with E-state index < -0.39 is 268 Å². The molecule has 1 aliphatic rings. The SMILES string of the molecule is CC[C@H](C)[C@H](NC(=O)[C@@H](N)[C@@H](C)O)C(=O)N[C@@H](CCCCN)C(=O)N1CCC[C@H]1C(=O)NCC(=O)NCC(=O)NCC(=O)N[C@@H](CO)C(=O)N[C@H](C(=O)N[C@@H](Cc1ccc(O)cc1)C(=O)N[C@@H](Cc1ccc(O)cc1)C(=O)N[C@@H](C)C(=O)N[C@@H](CC(=O)O)C(=O)N[C@@H](CO)C(=O)N[C@H](C(=O)N[C@@H](CCCCN)C(=O)NCC(=O)O)C(C)C)[C@@H](C)O. The van der Waals surface area contributed by atoms with Crippen LogP contribution in [-0.4, -0.2) is 302 Å². The first-order valence-electron chi connectivity index (χ1n) is 39.1. The van der Waals surface area contributed by atoms with Gasteiger partial charge in [0.2, 0.25) is 94.5 Å². The number of rotatable bonds is 53. The Bertz CT molecular complexity index is 3840. The number of likely N-dealkylation sites (tertiary alicyclic amines) is 1. The van der Waals surface area contributed by atoms with Gasteiger partial charge in [-0.3, -0.25) is 86.3 Å². The number of carboxylic acids is 2. The van der Waals surface area contributed by atoms with Crippen LogP contribution in [0.3, 0.4) is 0 Å². The maximum atomic E-state index is 14.6. The number of nitrogens with zero attached hydrogens (tertiary/aromatic N) is 1. The number of aliphatic carboxylic acids is 2. The lowest BCUT2D eigenvalue weighted by Crippen LogP contribution is -2.62. The van der Waals surface area contributed by atoms with Crippen molar-refractivity contribution in [2.24, 2.45) is 29.0 Å². The molecule has 1 aliphatic heterocycles. The number of aliphatic hydroxyl groups excluding tert-OH is 4. The molecule has 1 fully saturated rings. The first kappa shape index (κ1) is 102. The van der Waals surface area contributed by atoms with Crippen molar-refractivity contribution in [3.8, 4) is 11.5 Å². The van der Waals surface area contributed by atoms with Crippen LogP contribution in [0.15, 0.2) is 48.5 Å². The third-order valence-electron chi connectivity index (χ3n) is 19.1. The van der Waals surface area contributed by atoms with Crippen LogP contribution in [0, 0.1) is 11.8 Å². The molecule has 0 aromatic heterocycles. The van der Waals surface area contributed by atoms with E-state index in [1.54, 1.807) is 13.8 Å². The van der Waals surface area contributed by atoms with Gasteiger partial charge in [-0.2, -0.15) is 0 Å². The average molecular weight is 1700 g/mol. The number of benzene rings is 2. The highest BCUT2D eigenvalue weighted by molar-refractivity contribution is 6.01. The maximum absolute atomic E-state index is 14.6. The van der Waals surface area contributed by atoms with Crippen LogP contribution in [-0.2, 0) is 99.1 Å². The maximum Gasteiger partial charge on any atom is 0.322 e. The predicted molar refractivity (Wildman–Crippen MR) is 423 cm³/mol. The lowest BCUT2D eigenvalue weighted by atomic mass is 9.96. The molecule has 0 aliphatic carbocycles. The van der Waals surface area contributed by atoms with Crippen LogP contribution in [0.2, 0.25) is 0 Å². The van der Waals surface area contributed by atoms with Crippen molar-refractivity contribution in [1.82, 2.24) is 84.7 Å². The fourth-order valence-corrected chi connectivity index (χ4v) is 11.9. The van der Waals surface area contributed by atoms with E-state index in [4.69, 9.17) is 22.3 Å². The molecule has 1 heterocycles. The van der Waals surface area contributed by atoms with Gasteiger partial charge in [-0.15, -0.1) is 0 Å². The van der Waals surface area contributed by atoms with Crippen LogP contribution in [0.25, 0.3) is 0 Å². The van der Waals surface area contributed by atoms with E-state index in [0.29, 0.717) is 38.5 Å². The summed E-state index contributed by atoms with van der Waals surface area (Å²) in [5.41, 5.74) is 17.6. The summed E-state index contributed by atoms with van der Waals surface area (Å²) in [4.78, 5) is 242. The van der Waals surface area contributed by atoms with Crippen LogP contribution < -0.4 is 97.0 Å². The molecule has 0 radical (unpaired) electrons. The Balaban J connectivity index is 1.73. The van der Waals surface area contributed by atoms with Crippen molar-refractivity contribution >= 4 is 106 Å². The van der Waals surface area contributed by atoms with Crippen molar-refractivity contribution in [3.05, 3.63) is 59.7 Å². The number of unbranched alkanes of at least 4 members (excludes halogenated alkanes) is 2. The van der Waals surface area contributed by atoms with E-state index in [0.717, 1.165) is 13.8 Å². The standard InChI is InChI=1S/C75H117N19O26/c1-8-38(4)61(92-71(116)59(78)40(6)97)73(118)86-47(15-10-12-26-77)75(120)94-27-13-16-53(94)70(115)81-32-55(102)79-31-54(101)80-33-56(103)84-51(35-95)68(113)93-62(41(7)98)74(119)89-49(29-43-19-23-45(100)24-20-43)66(111)88-48(28-42-17-21-44(99)22-18-42)65(110)83-39(5)63(108)87-50(30-57(104)105)67(112)90-52(36-96)69(114)91-60(37(2)3)72(117)85-46(14-9-11-25-76)64(109)82-34-58(106)107/h17-24,37-41,46-53,59-62,95-100H,8-16,25-36,76-78H2,1-7H3,(H,79,102)(H,80,101)(H,81,115)(H,82,109)(H,83,110)(H,84,103)(H,85,117)(H,86,118)(H,87,108)(H,88,111)(H,89,119)(H,90,112)(H,91,114)(H,92,116)(H,93,113)(H,104,105)(H,106,107)/t38-,39-,40+,41+,46-,47-,48-,49-,50-,51-,52-,53-,59-,60-,61-,62-/m0/s1. The second-order valence-corrected chi connectivity index (χ2v) is 29.2. The van der Waals surface area contributed by atoms with Gasteiger partial charge in [0, 0.05) is 19.4 Å². The number of nitrogens with two attached hydrogens (primary N) is 3. The molecule has 0 bridgehead atoms. The van der Waals surface area contributed by atoms with E-state index >= 15 is 0 Å². The number of carbonyl (C=O) groups is 18. The van der Waals surface area contributed by atoms with Gasteiger partial charge in [0.1, 0.15) is 96.6 Å². The van der Waals surface area contributed by atoms with Crippen LogP contribution in [0.5, 0.6) is 11.5 Å². The topological polar surface area (TPSA) is 731 Å².